The molecule has 1 aliphatic heterocycles. The molecule has 1 aromatic rings. The van der Waals surface area contributed by atoms with Crippen molar-refractivity contribution in [2.75, 3.05) is 19.0 Å². The average Bonchev–Trinajstić information content (AvgIpc) is 2.50. The zero-order valence-electron chi connectivity index (χ0n) is 6.42. The number of nitrogens with one attached hydrogen (secondary N) is 1. The minimum absolute atomic E-state index is 0.912. The Morgan fingerprint density at radius 2 is 2.36 bits per heavy atom. The van der Waals surface area contributed by atoms with E-state index in [1.165, 1.54) is 5.56 Å². The Kier molecular flexibility index (Phi) is 1.46. The molecule has 1 aliphatic rings. The maximum absolute atomic E-state index is 5.17. The van der Waals surface area contributed by atoms with Crippen molar-refractivity contribution in [3.05, 3.63) is 30.2 Å². The second-order valence-electron chi connectivity index (χ2n) is 2.51. The van der Waals surface area contributed by atoms with Crippen molar-refractivity contribution in [2.24, 2.45) is 0 Å². The van der Waals surface area contributed by atoms with Crippen molar-refractivity contribution >= 4 is 5.69 Å². The first-order valence-electron chi connectivity index (χ1n) is 3.66. The van der Waals surface area contributed by atoms with Gasteiger partial charge in [0.05, 0.1) is 12.8 Å². The zero-order chi connectivity index (χ0) is 7.68. The van der Waals surface area contributed by atoms with Gasteiger partial charge in [-0.05, 0) is 11.6 Å². The molecule has 0 aromatic heterocycles. The van der Waals surface area contributed by atoms with E-state index in [4.69, 9.17) is 4.74 Å². The highest BCUT2D eigenvalue weighted by Gasteiger charge is 2.13. The Balaban J connectivity index is 2.50. The summed E-state index contributed by atoms with van der Waals surface area (Å²) in [5.74, 6) is 0.927. The van der Waals surface area contributed by atoms with Crippen molar-refractivity contribution in [3.63, 3.8) is 0 Å². The predicted octanol–water partition coefficient (Wildman–Crippen LogP) is 1.67. The molecule has 1 N–H and O–H groups in total. The molecule has 1 radical (unpaired) electrons. The normalized spacial score (nSPS) is 13.9. The molecule has 0 bridgehead atoms. The topological polar surface area (TPSA) is 21.3 Å². The maximum atomic E-state index is 5.17. The van der Waals surface area contributed by atoms with E-state index in [9.17, 15) is 0 Å². The lowest BCUT2D eigenvalue weighted by Gasteiger charge is -2.05. The number of ether oxygens (including phenoxy) is 1. The summed E-state index contributed by atoms with van der Waals surface area (Å²) in [5.41, 5.74) is 2.36. The average molecular weight is 148 g/mol. The molecule has 2 rings (SSSR count). The summed E-state index contributed by atoms with van der Waals surface area (Å²) in [6, 6.07) is 6.05. The largest absolute Gasteiger partial charge is 0.495 e. The van der Waals surface area contributed by atoms with Crippen LogP contribution in [0.25, 0.3) is 0 Å². The molecule has 11 heavy (non-hydrogen) atoms. The third-order valence-electron chi connectivity index (χ3n) is 1.88. The molecule has 0 aliphatic carbocycles. The molecular formula is C9H10NO. The van der Waals surface area contributed by atoms with Gasteiger partial charge in [0.25, 0.3) is 0 Å². The summed E-state index contributed by atoms with van der Waals surface area (Å²) in [6.07, 6.45) is 2.15. The van der Waals surface area contributed by atoms with Crippen LogP contribution in [0.2, 0.25) is 0 Å². The minimum Gasteiger partial charge on any atom is -0.495 e. The Bertz CT molecular complexity index is 270. The first-order chi connectivity index (χ1) is 5.42. The molecule has 57 valence electrons. The Hall–Kier alpha value is -1.18. The number of hydrogen-bond donors (Lipinski definition) is 1. The van der Waals surface area contributed by atoms with Crippen LogP contribution in [0.3, 0.4) is 0 Å². The molecule has 0 amide bonds. The minimum atomic E-state index is 0.912. The first-order valence-corrected chi connectivity index (χ1v) is 3.66. The maximum Gasteiger partial charge on any atom is 0.142 e. The van der Waals surface area contributed by atoms with E-state index in [2.05, 4.69) is 17.8 Å². The van der Waals surface area contributed by atoms with Crippen molar-refractivity contribution < 1.29 is 4.74 Å². The lowest BCUT2D eigenvalue weighted by Crippen LogP contribution is -1.93. The van der Waals surface area contributed by atoms with Gasteiger partial charge in [0.1, 0.15) is 5.75 Å². The number of anilines is 1. The number of para-hydroxylation sites is 1. The highest BCUT2D eigenvalue weighted by atomic mass is 16.5. The Labute approximate surface area is 66.2 Å². The van der Waals surface area contributed by atoms with Crippen molar-refractivity contribution in [1.82, 2.24) is 0 Å². The van der Waals surface area contributed by atoms with Gasteiger partial charge in [0.15, 0.2) is 0 Å². The monoisotopic (exact) mass is 148 g/mol. The van der Waals surface area contributed by atoms with E-state index in [1.807, 2.05) is 12.1 Å². The van der Waals surface area contributed by atoms with Gasteiger partial charge in [0.2, 0.25) is 0 Å². The van der Waals surface area contributed by atoms with Gasteiger partial charge in [-0.15, -0.1) is 0 Å². The van der Waals surface area contributed by atoms with Crippen molar-refractivity contribution in [1.29, 1.82) is 0 Å². The molecular weight excluding hydrogens is 138 g/mol. The van der Waals surface area contributed by atoms with Gasteiger partial charge in [-0.25, -0.2) is 0 Å². The smallest absolute Gasteiger partial charge is 0.142 e. The fourth-order valence-electron chi connectivity index (χ4n) is 1.34. The van der Waals surface area contributed by atoms with Gasteiger partial charge >= 0.3 is 0 Å². The summed E-state index contributed by atoms with van der Waals surface area (Å²) >= 11 is 0. The summed E-state index contributed by atoms with van der Waals surface area (Å²) < 4.78 is 5.17. The van der Waals surface area contributed by atoms with Gasteiger partial charge in [-0.1, -0.05) is 12.1 Å². The molecule has 0 unspecified atom stereocenters. The highest BCUT2D eigenvalue weighted by Crippen LogP contribution is 2.32. The fraction of sp³-hybridized carbons (Fsp3) is 0.222. The van der Waals surface area contributed by atoms with E-state index in [0.29, 0.717) is 0 Å². The van der Waals surface area contributed by atoms with Gasteiger partial charge in [-0.3, -0.25) is 0 Å². The van der Waals surface area contributed by atoms with E-state index < -0.39 is 0 Å². The van der Waals surface area contributed by atoms with Crippen molar-refractivity contribution in [2.45, 2.75) is 0 Å². The zero-order valence-corrected chi connectivity index (χ0v) is 6.42. The van der Waals surface area contributed by atoms with Crippen LogP contribution in [0.1, 0.15) is 5.56 Å². The molecule has 2 heteroatoms. The van der Waals surface area contributed by atoms with E-state index in [1.54, 1.807) is 7.11 Å². The number of fused-ring (bicyclic) bond motifs is 1. The quantitative estimate of drug-likeness (QED) is 0.654. The third-order valence-corrected chi connectivity index (χ3v) is 1.88. The van der Waals surface area contributed by atoms with E-state index >= 15 is 0 Å². The Morgan fingerprint density at radius 1 is 1.45 bits per heavy atom. The van der Waals surface area contributed by atoms with Crippen LogP contribution >= 0.6 is 0 Å². The second kappa shape index (κ2) is 2.46. The lowest BCUT2D eigenvalue weighted by molar-refractivity contribution is 0.417. The summed E-state index contributed by atoms with van der Waals surface area (Å²) in [7, 11) is 1.69. The van der Waals surface area contributed by atoms with Crippen LogP contribution in [0.15, 0.2) is 18.2 Å². The summed E-state index contributed by atoms with van der Waals surface area (Å²) in [5, 5.41) is 3.24. The second-order valence-corrected chi connectivity index (χ2v) is 2.51. The molecule has 0 atom stereocenters. The molecule has 1 heterocycles. The predicted molar refractivity (Wildman–Crippen MR) is 44.9 cm³/mol. The summed E-state index contributed by atoms with van der Waals surface area (Å²) in [6.45, 7) is 0.912. The molecule has 0 spiro atoms. The molecule has 0 saturated carbocycles. The molecule has 0 fully saturated rings. The van der Waals surface area contributed by atoms with Crippen LogP contribution in [0.4, 0.5) is 5.69 Å². The van der Waals surface area contributed by atoms with E-state index in [-0.39, 0.29) is 0 Å². The lowest BCUT2D eigenvalue weighted by atomic mass is 10.1. The van der Waals surface area contributed by atoms with Crippen LogP contribution in [-0.2, 0) is 0 Å². The molecule has 1 aromatic carbocycles. The Morgan fingerprint density at radius 3 is 3.18 bits per heavy atom. The van der Waals surface area contributed by atoms with Crippen LogP contribution < -0.4 is 10.1 Å². The van der Waals surface area contributed by atoms with Crippen LogP contribution in [0.5, 0.6) is 5.75 Å². The van der Waals surface area contributed by atoms with Crippen LogP contribution in [-0.4, -0.2) is 13.7 Å². The SMILES string of the molecule is COc1cccc2c1NC[CH]2. The number of benzene rings is 1. The molecule has 0 saturated heterocycles. The van der Waals surface area contributed by atoms with E-state index in [0.717, 1.165) is 18.0 Å². The number of methoxy groups -OCH3 is 1. The number of rotatable bonds is 1. The van der Waals surface area contributed by atoms with Gasteiger partial charge in [0, 0.05) is 13.0 Å². The fourth-order valence-corrected chi connectivity index (χ4v) is 1.34. The number of hydrogen-bond acceptors (Lipinski definition) is 2. The standard InChI is InChI=1S/C9H10NO/c1-11-8-4-2-3-7-5-6-10-9(7)8/h2-5,10H,6H2,1H3. The van der Waals surface area contributed by atoms with Crippen molar-refractivity contribution in [3.8, 4) is 5.75 Å². The summed E-state index contributed by atoms with van der Waals surface area (Å²) in [4.78, 5) is 0. The highest BCUT2D eigenvalue weighted by molar-refractivity contribution is 5.68. The van der Waals surface area contributed by atoms with Gasteiger partial charge in [-0.2, -0.15) is 0 Å². The molecule has 2 nitrogen and oxygen atoms in total. The first kappa shape index (κ1) is 6.53. The third kappa shape index (κ3) is 0.946. The van der Waals surface area contributed by atoms with Crippen LogP contribution in [0, 0.1) is 6.42 Å². The van der Waals surface area contributed by atoms with Gasteiger partial charge < -0.3 is 10.1 Å².